The van der Waals surface area contributed by atoms with Crippen LogP contribution in [0.1, 0.15) is 80.5 Å². The number of rotatable bonds is 10. The maximum absolute atomic E-state index is 14.3. The van der Waals surface area contributed by atoms with E-state index in [4.69, 9.17) is 14.5 Å². The number of pyridine rings is 1. The molecule has 0 radical (unpaired) electrons. The van der Waals surface area contributed by atoms with Crippen LogP contribution in [-0.2, 0) is 27.1 Å². The largest absolute Gasteiger partial charge is 0.480 e. The van der Waals surface area contributed by atoms with Gasteiger partial charge in [0.2, 0.25) is 0 Å². The number of aromatic nitrogens is 1. The number of nitrogens with one attached hydrogen (secondary N) is 1. The van der Waals surface area contributed by atoms with Crippen LogP contribution in [0.2, 0.25) is 0 Å². The van der Waals surface area contributed by atoms with E-state index in [1.54, 1.807) is 6.07 Å². The summed E-state index contributed by atoms with van der Waals surface area (Å²) in [6.07, 6.45) is 6.38. The van der Waals surface area contributed by atoms with Gasteiger partial charge in [0.05, 0.1) is 18.8 Å². The molecule has 38 heavy (non-hydrogen) atoms. The molecule has 3 aliphatic rings. The van der Waals surface area contributed by atoms with Crippen molar-refractivity contribution >= 4 is 11.8 Å². The Morgan fingerprint density at radius 2 is 2.18 bits per heavy atom. The zero-order valence-electron chi connectivity index (χ0n) is 22.5. The fourth-order valence-electron chi connectivity index (χ4n) is 6.00. The second-order valence-electron chi connectivity index (χ2n) is 11.8. The van der Waals surface area contributed by atoms with Crippen LogP contribution in [0.4, 0.5) is 10.2 Å². The van der Waals surface area contributed by atoms with Crippen molar-refractivity contribution in [1.29, 1.82) is 0 Å². The van der Waals surface area contributed by atoms with Crippen LogP contribution in [0.25, 0.3) is 0 Å². The SMILES string of the molecule is CC1(C)CO[C@@H](c2ccc(F)cc2C(C(=O)O)N2CC[C@@H](OCCCCc3ccc4c(n3)NCCC4)C2)C1. The molecule has 206 valence electrons. The first kappa shape index (κ1) is 27.0. The molecule has 0 amide bonds. The van der Waals surface area contributed by atoms with Gasteiger partial charge in [-0.2, -0.15) is 0 Å². The van der Waals surface area contributed by atoms with Gasteiger partial charge in [-0.05, 0) is 85.3 Å². The second-order valence-corrected chi connectivity index (χ2v) is 11.8. The van der Waals surface area contributed by atoms with Gasteiger partial charge in [-0.25, -0.2) is 9.37 Å². The molecule has 8 heteroatoms. The van der Waals surface area contributed by atoms with E-state index in [9.17, 15) is 14.3 Å². The number of hydrogen-bond donors (Lipinski definition) is 2. The highest BCUT2D eigenvalue weighted by Gasteiger charge is 2.39. The lowest BCUT2D eigenvalue weighted by Crippen LogP contribution is -2.34. The lowest BCUT2D eigenvalue weighted by molar-refractivity contribution is -0.143. The second kappa shape index (κ2) is 11.7. The van der Waals surface area contributed by atoms with E-state index in [1.807, 2.05) is 4.90 Å². The Balaban J connectivity index is 1.14. The number of nitrogens with zero attached hydrogens (tertiary/aromatic N) is 2. The Morgan fingerprint density at radius 3 is 2.97 bits per heavy atom. The minimum atomic E-state index is -0.971. The summed E-state index contributed by atoms with van der Waals surface area (Å²) in [4.78, 5) is 19.1. The van der Waals surface area contributed by atoms with Crippen molar-refractivity contribution < 1.29 is 23.8 Å². The lowest BCUT2D eigenvalue weighted by Gasteiger charge is -2.28. The molecule has 0 bridgehead atoms. The van der Waals surface area contributed by atoms with E-state index >= 15 is 0 Å². The Morgan fingerprint density at radius 1 is 1.32 bits per heavy atom. The number of aryl methyl sites for hydroxylation is 2. The summed E-state index contributed by atoms with van der Waals surface area (Å²) in [6.45, 7) is 7.61. The molecule has 2 fully saturated rings. The summed E-state index contributed by atoms with van der Waals surface area (Å²) in [5.41, 5.74) is 3.69. The van der Waals surface area contributed by atoms with E-state index in [1.165, 1.54) is 17.7 Å². The van der Waals surface area contributed by atoms with Crippen molar-refractivity contribution in [2.24, 2.45) is 5.41 Å². The molecule has 1 aromatic heterocycles. The Kier molecular flexibility index (Phi) is 8.31. The van der Waals surface area contributed by atoms with E-state index < -0.39 is 17.8 Å². The fraction of sp³-hybridized carbons (Fsp3) is 0.600. The molecule has 5 rings (SSSR count). The number of fused-ring (bicyclic) bond motifs is 1. The smallest absolute Gasteiger partial charge is 0.325 e. The third kappa shape index (κ3) is 6.35. The summed E-state index contributed by atoms with van der Waals surface area (Å²) >= 11 is 0. The highest BCUT2D eigenvalue weighted by atomic mass is 19.1. The van der Waals surface area contributed by atoms with Crippen LogP contribution in [0, 0.1) is 11.2 Å². The third-order valence-electron chi connectivity index (χ3n) is 8.01. The molecule has 3 aliphatic heterocycles. The predicted molar refractivity (Wildman–Crippen MR) is 144 cm³/mol. The number of hydrogen-bond acceptors (Lipinski definition) is 6. The Bertz CT molecular complexity index is 1140. The summed E-state index contributed by atoms with van der Waals surface area (Å²) < 4.78 is 26.5. The van der Waals surface area contributed by atoms with Gasteiger partial charge in [0.1, 0.15) is 17.7 Å². The Labute approximate surface area is 224 Å². The van der Waals surface area contributed by atoms with Crippen LogP contribution in [0.15, 0.2) is 30.3 Å². The van der Waals surface area contributed by atoms with Crippen molar-refractivity contribution in [3.63, 3.8) is 0 Å². The maximum atomic E-state index is 14.3. The number of carbonyl (C=O) groups is 1. The first-order valence-electron chi connectivity index (χ1n) is 14.0. The number of benzene rings is 1. The zero-order valence-corrected chi connectivity index (χ0v) is 22.5. The van der Waals surface area contributed by atoms with E-state index in [-0.39, 0.29) is 17.6 Å². The zero-order chi connectivity index (χ0) is 26.7. The highest BCUT2D eigenvalue weighted by molar-refractivity contribution is 5.76. The first-order chi connectivity index (χ1) is 18.3. The van der Waals surface area contributed by atoms with Gasteiger partial charge < -0.3 is 19.9 Å². The van der Waals surface area contributed by atoms with E-state index in [0.29, 0.717) is 31.9 Å². The molecule has 2 aromatic rings. The third-order valence-corrected chi connectivity index (χ3v) is 8.01. The highest BCUT2D eigenvalue weighted by Crippen LogP contribution is 2.43. The number of unbranched alkanes of at least 4 members (excludes halogenated alkanes) is 1. The molecule has 0 saturated carbocycles. The summed E-state index contributed by atoms with van der Waals surface area (Å²) in [5, 5.41) is 13.6. The van der Waals surface area contributed by atoms with Crippen LogP contribution in [-0.4, -0.2) is 59.9 Å². The van der Waals surface area contributed by atoms with Crippen molar-refractivity contribution in [2.75, 3.05) is 38.2 Å². The van der Waals surface area contributed by atoms with Crippen LogP contribution >= 0.6 is 0 Å². The van der Waals surface area contributed by atoms with Crippen molar-refractivity contribution in [1.82, 2.24) is 9.88 Å². The van der Waals surface area contributed by atoms with E-state index in [2.05, 4.69) is 31.3 Å². The fourth-order valence-corrected chi connectivity index (χ4v) is 6.00. The number of aliphatic carboxylic acids is 1. The maximum Gasteiger partial charge on any atom is 0.325 e. The molecule has 4 heterocycles. The standard InChI is InChI=1S/C30H40FN3O4/c1-30(2)17-26(38-19-30)24-11-9-21(31)16-25(24)27(29(35)36)34-14-12-23(18-34)37-15-4-3-7-22-10-8-20-6-5-13-32-28(20)33-22/h8-11,16,23,26-27H,3-7,12-15,17-19H2,1-2H3,(H,32,33)(H,35,36)/t23-,26-,27?/m1/s1. The molecule has 0 aliphatic carbocycles. The number of ether oxygens (including phenoxy) is 2. The number of carboxylic acid groups (broad SMARTS) is 1. The molecule has 2 N–H and O–H groups in total. The van der Waals surface area contributed by atoms with Gasteiger partial charge in [-0.1, -0.05) is 26.0 Å². The first-order valence-corrected chi connectivity index (χ1v) is 14.0. The number of anilines is 1. The average molecular weight is 526 g/mol. The van der Waals surface area contributed by atoms with Crippen molar-refractivity contribution in [3.8, 4) is 0 Å². The Hall–Kier alpha value is -2.55. The van der Waals surface area contributed by atoms with Crippen LogP contribution in [0.3, 0.4) is 0 Å². The number of halogens is 1. The summed E-state index contributed by atoms with van der Waals surface area (Å²) in [6, 6.07) is 7.87. The van der Waals surface area contributed by atoms with E-state index in [0.717, 1.165) is 68.6 Å². The van der Waals surface area contributed by atoms with Gasteiger partial charge in [0.15, 0.2) is 0 Å². The van der Waals surface area contributed by atoms with Gasteiger partial charge in [-0.3, -0.25) is 9.69 Å². The van der Waals surface area contributed by atoms with Gasteiger partial charge in [-0.15, -0.1) is 0 Å². The minimum absolute atomic E-state index is 0.00841. The molecule has 2 saturated heterocycles. The topological polar surface area (TPSA) is 83.9 Å². The minimum Gasteiger partial charge on any atom is -0.480 e. The van der Waals surface area contributed by atoms with Crippen LogP contribution < -0.4 is 5.32 Å². The van der Waals surface area contributed by atoms with Gasteiger partial charge >= 0.3 is 5.97 Å². The molecule has 3 atom stereocenters. The average Bonchev–Trinajstić information content (AvgIpc) is 3.49. The molecular weight excluding hydrogens is 485 g/mol. The predicted octanol–water partition coefficient (Wildman–Crippen LogP) is 5.31. The monoisotopic (exact) mass is 525 g/mol. The molecule has 1 unspecified atom stereocenters. The van der Waals surface area contributed by atoms with Crippen molar-refractivity contribution in [2.45, 2.75) is 77.0 Å². The molecule has 0 spiro atoms. The lowest BCUT2D eigenvalue weighted by atomic mass is 9.86. The quantitative estimate of drug-likeness (QED) is 0.407. The molecular formula is C30H40FN3O4. The summed E-state index contributed by atoms with van der Waals surface area (Å²) in [7, 11) is 0. The van der Waals surface area contributed by atoms with Crippen molar-refractivity contribution in [3.05, 3.63) is 58.5 Å². The normalized spacial score (nSPS) is 23.7. The molecule has 1 aromatic carbocycles. The number of carboxylic acids is 1. The van der Waals surface area contributed by atoms with Gasteiger partial charge in [0.25, 0.3) is 0 Å². The summed E-state index contributed by atoms with van der Waals surface area (Å²) in [5.74, 6) is -0.362. The molecule has 7 nitrogen and oxygen atoms in total. The van der Waals surface area contributed by atoms with Gasteiger partial charge in [0, 0.05) is 31.9 Å². The number of likely N-dealkylation sites (tertiary alicyclic amines) is 1. The van der Waals surface area contributed by atoms with Crippen LogP contribution in [0.5, 0.6) is 0 Å².